The van der Waals surface area contributed by atoms with E-state index in [2.05, 4.69) is 15.2 Å². The van der Waals surface area contributed by atoms with E-state index < -0.39 is 10.0 Å². The first-order chi connectivity index (χ1) is 9.63. The summed E-state index contributed by atoms with van der Waals surface area (Å²) in [6.07, 6.45) is 2.45. The zero-order valence-corrected chi connectivity index (χ0v) is 13.4. The molecule has 0 saturated carbocycles. The maximum atomic E-state index is 12.2. The van der Waals surface area contributed by atoms with Crippen LogP contribution in [0.15, 0.2) is 11.6 Å². The summed E-state index contributed by atoms with van der Waals surface area (Å²) < 4.78 is 26.0. The van der Waals surface area contributed by atoms with Gasteiger partial charge < -0.3 is 10.2 Å². The number of rotatable bonds is 7. The lowest BCUT2D eigenvalue weighted by molar-refractivity contribution is 0.384. The zero-order valence-electron chi connectivity index (χ0n) is 11.8. The number of sulfonamides is 1. The molecule has 0 aromatic carbocycles. The maximum Gasteiger partial charge on any atom is 0.214 e. The standard InChI is InChI=1S/C12H22N4O2S2/c1-2-13-4-3-11-20(17,18)16-8-6-15(7-9-16)12-14-5-10-19-12/h5,10,13H,2-4,6-9,11H2,1H3. The molecule has 8 heteroatoms. The average molecular weight is 318 g/mol. The van der Waals surface area contributed by atoms with Crippen molar-refractivity contribution in [3.63, 3.8) is 0 Å². The van der Waals surface area contributed by atoms with E-state index in [-0.39, 0.29) is 5.75 Å². The first-order valence-corrected chi connectivity index (χ1v) is 9.45. The molecule has 0 amide bonds. The lowest BCUT2D eigenvalue weighted by Crippen LogP contribution is -2.49. The van der Waals surface area contributed by atoms with Crippen molar-refractivity contribution in [3.8, 4) is 0 Å². The molecule has 0 radical (unpaired) electrons. The Balaban J connectivity index is 1.80. The number of piperazine rings is 1. The second-order valence-corrected chi connectivity index (χ2v) is 7.69. The van der Waals surface area contributed by atoms with Gasteiger partial charge in [-0.2, -0.15) is 4.31 Å². The molecule has 1 saturated heterocycles. The molecule has 1 aliphatic rings. The van der Waals surface area contributed by atoms with Crippen LogP contribution in [0.3, 0.4) is 0 Å². The van der Waals surface area contributed by atoms with E-state index in [4.69, 9.17) is 0 Å². The molecular formula is C12H22N4O2S2. The zero-order chi connectivity index (χ0) is 14.4. The molecule has 1 aliphatic heterocycles. The first kappa shape index (κ1) is 15.7. The Hall–Kier alpha value is -0.700. The Morgan fingerprint density at radius 2 is 2.10 bits per heavy atom. The van der Waals surface area contributed by atoms with Gasteiger partial charge in [-0.25, -0.2) is 13.4 Å². The second kappa shape index (κ2) is 7.35. The summed E-state index contributed by atoms with van der Waals surface area (Å²) in [7, 11) is -3.11. The van der Waals surface area contributed by atoms with Gasteiger partial charge in [0.25, 0.3) is 0 Å². The molecule has 6 nitrogen and oxygen atoms in total. The van der Waals surface area contributed by atoms with Crippen LogP contribution in [0.5, 0.6) is 0 Å². The molecule has 20 heavy (non-hydrogen) atoms. The molecule has 0 spiro atoms. The van der Waals surface area contributed by atoms with Crippen molar-refractivity contribution in [2.75, 3.05) is 49.9 Å². The Kier molecular flexibility index (Phi) is 5.76. The second-order valence-electron chi connectivity index (χ2n) is 4.72. The van der Waals surface area contributed by atoms with Crippen LogP contribution in [0.4, 0.5) is 5.13 Å². The minimum absolute atomic E-state index is 0.233. The number of anilines is 1. The van der Waals surface area contributed by atoms with Gasteiger partial charge in [0.1, 0.15) is 0 Å². The summed E-state index contributed by atoms with van der Waals surface area (Å²) in [4.78, 5) is 6.41. The van der Waals surface area contributed by atoms with Gasteiger partial charge in [-0.1, -0.05) is 6.92 Å². The molecule has 0 atom stereocenters. The predicted molar refractivity (Wildman–Crippen MR) is 82.8 cm³/mol. The van der Waals surface area contributed by atoms with Gasteiger partial charge in [-0.05, 0) is 19.5 Å². The summed E-state index contributed by atoms with van der Waals surface area (Å²) in [6.45, 7) is 6.22. The summed E-state index contributed by atoms with van der Waals surface area (Å²) in [5.41, 5.74) is 0. The Bertz CT molecular complexity index is 482. The molecule has 1 aromatic rings. The highest BCUT2D eigenvalue weighted by Gasteiger charge is 2.27. The highest BCUT2D eigenvalue weighted by molar-refractivity contribution is 7.89. The molecule has 0 aliphatic carbocycles. The molecule has 2 rings (SSSR count). The molecule has 114 valence electrons. The number of thiazole rings is 1. The molecule has 0 unspecified atom stereocenters. The minimum Gasteiger partial charge on any atom is -0.345 e. The topological polar surface area (TPSA) is 65.5 Å². The van der Waals surface area contributed by atoms with Gasteiger partial charge in [-0.3, -0.25) is 0 Å². The van der Waals surface area contributed by atoms with E-state index in [9.17, 15) is 8.42 Å². The smallest absolute Gasteiger partial charge is 0.214 e. The lowest BCUT2D eigenvalue weighted by Gasteiger charge is -2.33. The Labute approximate surface area is 124 Å². The number of aromatic nitrogens is 1. The summed E-state index contributed by atoms with van der Waals surface area (Å²) in [5.74, 6) is 0.233. The average Bonchev–Trinajstić information content (AvgIpc) is 2.98. The fraction of sp³-hybridized carbons (Fsp3) is 0.750. The van der Waals surface area contributed by atoms with Gasteiger partial charge in [0, 0.05) is 37.8 Å². The summed E-state index contributed by atoms with van der Waals surface area (Å²) in [5, 5.41) is 6.08. The van der Waals surface area contributed by atoms with Crippen molar-refractivity contribution in [1.82, 2.24) is 14.6 Å². The van der Waals surface area contributed by atoms with E-state index in [1.165, 1.54) is 0 Å². The van der Waals surface area contributed by atoms with Gasteiger partial charge in [0.15, 0.2) is 5.13 Å². The molecule has 1 N–H and O–H groups in total. The normalized spacial score (nSPS) is 17.6. The molecule has 0 bridgehead atoms. The monoisotopic (exact) mass is 318 g/mol. The van der Waals surface area contributed by atoms with Crippen LogP contribution in [0, 0.1) is 0 Å². The fourth-order valence-electron chi connectivity index (χ4n) is 2.22. The number of hydrogen-bond acceptors (Lipinski definition) is 6. The third-order valence-electron chi connectivity index (χ3n) is 3.33. The molecule has 1 fully saturated rings. The highest BCUT2D eigenvalue weighted by atomic mass is 32.2. The van der Waals surface area contributed by atoms with Crippen molar-refractivity contribution in [1.29, 1.82) is 0 Å². The van der Waals surface area contributed by atoms with Gasteiger partial charge >= 0.3 is 0 Å². The van der Waals surface area contributed by atoms with Crippen molar-refractivity contribution in [3.05, 3.63) is 11.6 Å². The van der Waals surface area contributed by atoms with Crippen molar-refractivity contribution >= 4 is 26.5 Å². The van der Waals surface area contributed by atoms with Crippen molar-refractivity contribution in [2.24, 2.45) is 0 Å². The molecule has 2 heterocycles. The third kappa shape index (κ3) is 4.15. The Morgan fingerprint density at radius 3 is 2.70 bits per heavy atom. The van der Waals surface area contributed by atoms with E-state index >= 15 is 0 Å². The fourth-order valence-corrected chi connectivity index (χ4v) is 4.40. The summed E-state index contributed by atoms with van der Waals surface area (Å²) >= 11 is 1.60. The van der Waals surface area contributed by atoms with Crippen LogP contribution in [-0.4, -0.2) is 62.7 Å². The van der Waals surface area contributed by atoms with E-state index in [1.807, 2.05) is 12.3 Å². The van der Waals surface area contributed by atoms with Crippen molar-refractivity contribution in [2.45, 2.75) is 13.3 Å². The summed E-state index contributed by atoms with van der Waals surface area (Å²) in [6, 6.07) is 0. The Morgan fingerprint density at radius 1 is 1.35 bits per heavy atom. The van der Waals surface area contributed by atoms with Gasteiger partial charge in [0.05, 0.1) is 5.75 Å². The molecule has 1 aromatic heterocycles. The van der Waals surface area contributed by atoms with Crippen LogP contribution < -0.4 is 10.2 Å². The first-order valence-electron chi connectivity index (χ1n) is 6.96. The molecular weight excluding hydrogens is 296 g/mol. The van der Waals surface area contributed by atoms with E-state index in [0.717, 1.165) is 31.3 Å². The number of nitrogens with zero attached hydrogens (tertiary/aromatic N) is 3. The third-order valence-corrected chi connectivity index (χ3v) is 6.12. The van der Waals surface area contributed by atoms with Gasteiger partial charge in [-0.15, -0.1) is 11.3 Å². The lowest BCUT2D eigenvalue weighted by atomic mass is 10.4. The van der Waals surface area contributed by atoms with Crippen LogP contribution in [-0.2, 0) is 10.0 Å². The number of hydrogen-bond donors (Lipinski definition) is 1. The van der Waals surface area contributed by atoms with Gasteiger partial charge in [0.2, 0.25) is 10.0 Å². The quantitative estimate of drug-likeness (QED) is 0.746. The SMILES string of the molecule is CCNCCCS(=O)(=O)N1CCN(c2nccs2)CC1. The minimum atomic E-state index is -3.11. The van der Waals surface area contributed by atoms with E-state index in [0.29, 0.717) is 19.5 Å². The maximum absolute atomic E-state index is 12.2. The van der Waals surface area contributed by atoms with E-state index in [1.54, 1.807) is 21.8 Å². The number of nitrogens with one attached hydrogen (secondary N) is 1. The van der Waals surface area contributed by atoms with Crippen LogP contribution in [0.2, 0.25) is 0 Å². The largest absolute Gasteiger partial charge is 0.345 e. The van der Waals surface area contributed by atoms with Crippen molar-refractivity contribution < 1.29 is 8.42 Å². The van der Waals surface area contributed by atoms with Crippen LogP contribution >= 0.6 is 11.3 Å². The predicted octanol–water partition coefficient (Wildman–Crippen LogP) is 0.595. The van der Waals surface area contributed by atoms with Crippen LogP contribution in [0.25, 0.3) is 0 Å². The highest BCUT2D eigenvalue weighted by Crippen LogP contribution is 2.20. The van der Waals surface area contributed by atoms with Crippen LogP contribution in [0.1, 0.15) is 13.3 Å².